The summed E-state index contributed by atoms with van der Waals surface area (Å²) in [5.74, 6) is -0.957. The summed E-state index contributed by atoms with van der Waals surface area (Å²) in [6.45, 7) is 1.55. The van der Waals surface area contributed by atoms with Crippen molar-refractivity contribution in [1.29, 1.82) is 0 Å². The maximum Gasteiger partial charge on any atom is 0.244 e. The van der Waals surface area contributed by atoms with Crippen LogP contribution in [0, 0.1) is 6.92 Å². The number of nitrogens with two attached hydrogens (primary N) is 1. The van der Waals surface area contributed by atoms with Crippen molar-refractivity contribution in [1.82, 2.24) is 4.90 Å². The van der Waals surface area contributed by atoms with E-state index in [0.717, 1.165) is 10.5 Å². The van der Waals surface area contributed by atoms with Gasteiger partial charge in [0.15, 0.2) is 0 Å². The number of hydrogen-bond donors (Lipinski definition) is 2. The molecule has 1 aliphatic rings. The Bertz CT molecular complexity index is 566. The van der Waals surface area contributed by atoms with Crippen molar-refractivity contribution in [2.45, 2.75) is 32.6 Å². The molecule has 0 bridgehead atoms. The van der Waals surface area contributed by atoms with Crippen LogP contribution in [0.3, 0.4) is 0 Å². The van der Waals surface area contributed by atoms with Gasteiger partial charge < -0.3 is 11.1 Å². The summed E-state index contributed by atoms with van der Waals surface area (Å²) in [4.78, 5) is 36.8. The van der Waals surface area contributed by atoms with Gasteiger partial charge in [0, 0.05) is 24.2 Å². The number of nitrogens with one attached hydrogen (secondary N) is 1. The Morgan fingerprint density at radius 2 is 1.86 bits per heavy atom. The van der Waals surface area contributed by atoms with Crippen molar-refractivity contribution < 1.29 is 14.4 Å². The molecule has 0 saturated carbocycles. The average Bonchev–Trinajstić information content (AvgIpc) is 2.59. The van der Waals surface area contributed by atoms with E-state index < -0.39 is 5.91 Å². The van der Waals surface area contributed by atoms with E-state index in [1.165, 1.54) is 0 Å². The molecule has 0 unspecified atom stereocenters. The van der Waals surface area contributed by atoms with Gasteiger partial charge in [0.2, 0.25) is 17.7 Å². The minimum absolute atomic E-state index is 0.244. The molecule has 1 fully saturated rings. The molecule has 6 heteroatoms. The zero-order valence-electron chi connectivity index (χ0n) is 12.0. The molecule has 1 aromatic rings. The summed E-state index contributed by atoms with van der Waals surface area (Å²) in [6.07, 6.45) is 2.01. The van der Waals surface area contributed by atoms with E-state index in [4.69, 9.17) is 5.73 Å². The summed E-state index contributed by atoms with van der Waals surface area (Å²) in [7, 11) is 0. The Morgan fingerprint density at radius 1 is 1.24 bits per heavy atom. The first kappa shape index (κ1) is 15.0. The Kier molecular flexibility index (Phi) is 4.57. The number of anilines is 2. The predicted molar refractivity (Wildman–Crippen MR) is 79.4 cm³/mol. The average molecular weight is 289 g/mol. The van der Waals surface area contributed by atoms with Gasteiger partial charge in [0.25, 0.3) is 0 Å². The summed E-state index contributed by atoms with van der Waals surface area (Å²) in [5.41, 5.74) is 7.71. The highest BCUT2D eigenvalue weighted by molar-refractivity contribution is 6.02. The van der Waals surface area contributed by atoms with Crippen LogP contribution >= 0.6 is 0 Å². The standard InChI is InChI=1S/C15H19N3O3/c1-10-11(16)5-4-6-12(10)17-13(19)9-18-14(20)7-2-3-8-15(18)21/h4-6H,2-3,7-9,16H2,1H3,(H,17,19). The highest BCUT2D eigenvalue weighted by Crippen LogP contribution is 2.20. The van der Waals surface area contributed by atoms with Crippen molar-refractivity contribution in [2.24, 2.45) is 0 Å². The SMILES string of the molecule is Cc1c(N)cccc1NC(=O)CN1C(=O)CCCCC1=O. The topological polar surface area (TPSA) is 92.5 Å². The number of nitrogen functional groups attached to an aromatic ring is 1. The lowest BCUT2D eigenvalue weighted by Gasteiger charge is -2.18. The second-order valence-electron chi connectivity index (χ2n) is 5.15. The van der Waals surface area contributed by atoms with E-state index >= 15 is 0 Å². The van der Waals surface area contributed by atoms with Gasteiger partial charge in [-0.25, -0.2) is 0 Å². The largest absolute Gasteiger partial charge is 0.398 e. The minimum atomic E-state index is -0.396. The molecule has 2 rings (SSSR count). The van der Waals surface area contributed by atoms with E-state index in [0.29, 0.717) is 37.1 Å². The van der Waals surface area contributed by atoms with E-state index in [1.807, 2.05) is 0 Å². The van der Waals surface area contributed by atoms with Gasteiger partial charge in [-0.15, -0.1) is 0 Å². The van der Waals surface area contributed by atoms with Crippen molar-refractivity contribution in [3.05, 3.63) is 23.8 Å². The lowest BCUT2D eigenvalue weighted by molar-refractivity contribution is -0.146. The summed E-state index contributed by atoms with van der Waals surface area (Å²) in [5, 5.41) is 2.69. The molecule has 1 heterocycles. The van der Waals surface area contributed by atoms with Crippen molar-refractivity contribution in [3.8, 4) is 0 Å². The Balaban J connectivity index is 2.05. The summed E-state index contributed by atoms with van der Waals surface area (Å²) in [6, 6.07) is 5.21. The van der Waals surface area contributed by atoms with Crippen LogP contribution in [0.1, 0.15) is 31.2 Å². The molecule has 1 aromatic carbocycles. The zero-order chi connectivity index (χ0) is 15.4. The van der Waals surface area contributed by atoms with E-state index in [9.17, 15) is 14.4 Å². The molecule has 0 aromatic heterocycles. The first-order valence-electron chi connectivity index (χ1n) is 6.97. The van der Waals surface area contributed by atoms with Crippen LogP contribution in [-0.4, -0.2) is 29.2 Å². The number of likely N-dealkylation sites (tertiary alicyclic amines) is 1. The number of carbonyl (C=O) groups excluding carboxylic acids is 3. The van der Waals surface area contributed by atoms with Gasteiger partial charge in [-0.3, -0.25) is 19.3 Å². The Morgan fingerprint density at radius 3 is 2.48 bits per heavy atom. The number of nitrogens with zero attached hydrogens (tertiary/aromatic N) is 1. The monoisotopic (exact) mass is 289 g/mol. The molecule has 0 radical (unpaired) electrons. The number of imide groups is 1. The Hall–Kier alpha value is -2.37. The van der Waals surface area contributed by atoms with Crippen LogP contribution in [-0.2, 0) is 14.4 Å². The smallest absolute Gasteiger partial charge is 0.244 e. The lowest BCUT2D eigenvalue weighted by atomic mass is 10.1. The highest BCUT2D eigenvalue weighted by atomic mass is 16.2. The van der Waals surface area contributed by atoms with E-state index in [-0.39, 0.29) is 18.4 Å². The molecule has 112 valence electrons. The molecule has 1 saturated heterocycles. The first-order valence-corrected chi connectivity index (χ1v) is 6.97. The third kappa shape index (κ3) is 3.59. The molecule has 6 nitrogen and oxygen atoms in total. The molecular weight excluding hydrogens is 270 g/mol. The van der Waals surface area contributed by atoms with E-state index in [2.05, 4.69) is 5.32 Å². The number of rotatable bonds is 3. The third-order valence-corrected chi connectivity index (χ3v) is 3.58. The number of amides is 3. The van der Waals surface area contributed by atoms with Crippen molar-refractivity contribution in [2.75, 3.05) is 17.6 Å². The number of hydrogen-bond acceptors (Lipinski definition) is 4. The van der Waals surface area contributed by atoms with Gasteiger partial charge in [-0.2, -0.15) is 0 Å². The molecule has 21 heavy (non-hydrogen) atoms. The van der Waals surface area contributed by atoms with Gasteiger partial charge in [0.05, 0.1) is 0 Å². The fraction of sp³-hybridized carbons (Fsp3) is 0.400. The van der Waals surface area contributed by atoms with Crippen LogP contribution in [0.4, 0.5) is 11.4 Å². The molecule has 3 amide bonds. The first-order chi connectivity index (χ1) is 9.99. The third-order valence-electron chi connectivity index (χ3n) is 3.58. The summed E-state index contributed by atoms with van der Waals surface area (Å²) >= 11 is 0. The molecule has 0 aliphatic carbocycles. The molecule has 0 atom stereocenters. The van der Waals surface area contributed by atoms with Gasteiger partial charge in [-0.05, 0) is 37.5 Å². The maximum absolute atomic E-state index is 12.0. The highest BCUT2D eigenvalue weighted by Gasteiger charge is 2.26. The van der Waals surface area contributed by atoms with Crippen LogP contribution in [0.5, 0.6) is 0 Å². The quantitative estimate of drug-likeness (QED) is 0.650. The zero-order valence-corrected chi connectivity index (χ0v) is 12.0. The van der Waals surface area contributed by atoms with Crippen LogP contribution in [0.2, 0.25) is 0 Å². The molecule has 1 aliphatic heterocycles. The fourth-order valence-corrected chi connectivity index (χ4v) is 2.26. The van der Waals surface area contributed by atoms with Crippen molar-refractivity contribution in [3.63, 3.8) is 0 Å². The molecule has 3 N–H and O–H groups in total. The number of benzene rings is 1. The molecular formula is C15H19N3O3. The lowest BCUT2D eigenvalue weighted by Crippen LogP contribution is -2.41. The van der Waals surface area contributed by atoms with Crippen LogP contribution in [0.25, 0.3) is 0 Å². The maximum atomic E-state index is 12.0. The van der Waals surface area contributed by atoms with E-state index in [1.54, 1.807) is 25.1 Å². The summed E-state index contributed by atoms with van der Waals surface area (Å²) < 4.78 is 0. The van der Waals surface area contributed by atoms with Crippen LogP contribution in [0.15, 0.2) is 18.2 Å². The Labute approximate surface area is 123 Å². The fourth-order valence-electron chi connectivity index (χ4n) is 2.26. The van der Waals surface area contributed by atoms with Gasteiger partial charge in [-0.1, -0.05) is 6.07 Å². The normalized spacial score (nSPS) is 15.8. The number of carbonyl (C=O) groups is 3. The predicted octanol–water partition coefficient (Wildman–Crippen LogP) is 1.44. The van der Waals surface area contributed by atoms with Crippen LogP contribution < -0.4 is 11.1 Å². The second-order valence-corrected chi connectivity index (χ2v) is 5.15. The van der Waals surface area contributed by atoms with Gasteiger partial charge >= 0.3 is 0 Å². The molecule has 0 spiro atoms. The van der Waals surface area contributed by atoms with Gasteiger partial charge in [0.1, 0.15) is 6.54 Å². The second kappa shape index (κ2) is 6.39. The minimum Gasteiger partial charge on any atom is -0.398 e. The van der Waals surface area contributed by atoms with Crippen molar-refractivity contribution >= 4 is 29.1 Å².